The molecule has 0 aromatic heterocycles. The van der Waals surface area contributed by atoms with Crippen molar-refractivity contribution in [1.82, 2.24) is 5.32 Å². The first kappa shape index (κ1) is 18.9. The summed E-state index contributed by atoms with van der Waals surface area (Å²) >= 11 is 0. The lowest BCUT2D eigenvalue weighted by Crippen LogP contribution is -2.32. The van der Waals surface area contributed by atoms with Crippen molar-refractivity contribution in [2.45, 2.75) is 24.8 Å². The maximum Gasteiger partial charge on any atom is 0.307 e. The highest BCUT2D eigenvalue weighted by molar-refractivity contribution is 5.84. The second kappa shape index (κ2) is 8.20. The van der Waals surface area contributed by atoms with Crippen molar-refractivity contribution in [2.75, 3.05) is 14.2 Å². The number of methoxy groups -OCH3 is 2. The van der Waals surface area contributed by atoms with Crippen molar-refractivity contribution >= 4 is 11.9 Å². The van der Waals surface area contributed by atoms with Crippen molar-refractivity contribution in [3.8, 4) is 5.75 Å². The predicted molar refractivity (Wildman–Crippen MR) is 97.8 cm³/mol. The summed E-state index contributed by atoms with van der Waals surface area (Å²) in [5, 5.41) is 2.95. The Hall–Kier alpha value is -2.89. The third-order valence-electron chi connectivity index (χ3n) is 4.86. The predicted octanol–water partition coefficient (Wildman–Crippen LogP) is 3.36. The third kappa shape index (κ3) is 4.64. The van der Waals surface area contributed by atoms with Gasteiger partial charge in [0.15, 0.2) is 0 Å². The van der Waals surface area contributed by atoms with E-state index in [0.29, 0.717) is 12.2 Å². The van der Waals surface area contributed by atoms with Crippen LogP contribution in [0.5, 0.6) is 5.75 Å². The highest BCUT2D eigenvalue weighted by Crippen LogP contribution is 2.47. The molecule has 3 unspecified atom stereocenters. The molecule has 1 fully saturated rings. The van der Waals surface area contributed by atoms with Crippen LogP contribution in [0.1, 0.15) is 35.9 Å². The lowest BCUT2D eigenvalue weighted by molar-refractivity contribution is -0.141. The Morgan fingerprint density at radius 2 is 1.78 bits per heavy atom. The number of carbonyl (C=O) groups is 2. The molecule has 5 nitrogen and oxygen atoms in total. The fourth-order valence-corrected chi connectivity index (χ4v) is 3.18. The van der Waals surface area contributed by atoms with Crippen LogP contribution < -0.4 is 10.1 Å². The molecule has 3 rings (SSSR count). The Morgan fingerprint density at radius 1 is 1.11 bits per heavy atom. The van der Waals surface area contributed by atoms with Gasteiger partial charge in [-0.1, -0.05) is 24.3 Å². The van der Waals surface area contributed by atoms with Crippen LogP contribution in [-0.2, 0) is 14.3 Å². The van der Waals surface area contributed by atoms with E-state index in [0.717, 1.165) is 11.1 Å². The van der Waals surface area contributed by atoms with Crippen molar-refractivity contribution in [2.24, 2.45) is 5.92 Å². The second-order valence-electron chi connectivity index (χ2n) is 6.61. The molecule has 0 radical (unpaired) electrons. The summed E-state index contributed by atoms with van der Waals surface area (Å²) in [5.74, 6) is -0.205. The van der Waals surface area contributed by atoms with E-state index in [4.69, 9.17) is 9.47 Å². The van der Waals surface area contributed by atoms with Gasteiger partial charge in [0.2, 0.25) is 5.91 Å². The van der Waals surface area contributed by atoms with Gasteiger partial charge in [-0.2, -0.15) is 0 Å². The molecule has 1 N–H and O–H groups in total. The van der Waals surface area contributed by atoms with Gasteiger partial charge in [0, 0.05) is 5.92 Å². The van der Waals surface area contributed by atoms with E-state index in [-0.39, 0.29) is 30.0 Å². The lowest BCUT2D eigenvalue weighted by atomic mass is 10.0. The quantitative estimate of drug-likeness (QED) is 0.758. The highest BCUT2D eigenvalue weighted by atomic mass is 19.1. The van der Waals surface area contributed by atoms with Gasteiger partial charge in [0.05, 0.1) is 26.7 Å². The average molecular weight is 371 g/mol. The molecule has 27 heavy (non-hydrogen) atoms. The zero-order valence-corrected chi connectivity index (χ0v) is 15.3. The lowest BCUT2D eigenvalue weighted by Gasteiger charge is -2.19. The van der Waals surface area contributed by atoms with Gasteiger partial charge < -0.3 is 14.8 Å². The minimum atomic E-state index is -0.481. The maximum atomic E-state index is 13.1. The minimum absolute atomic E-state index is 0.0442. The van der Waals surface area contributed by atoms with Gasteiger partial charge in [-0.15, -0.1) is 0 Å². The summed E-state index contributed by atoms with van der Waals surface area (Å²) in [6.45, 7) is 0. The van der Waals surface area contributed by atoms with E-state index in [1.807, 2.05) is 12.1 Å². The van der Waals surface area contributed by atoms with Crippen LogP contribution >= 0.6 is 0 Å². The van der Waals surface area contributed by atoms with Crippen LogP contribution in [0.3, 0.4) is 0 Å². The van der Waals surface area contributed by atoms with Crippen LogP contribution in [0.15, 0.2) is 48.5 Å². The number of carbonyl (C=O) groups excluding carboxylic acids is 2. The smallest absolute Gasteiger partial charge is 0.307 e. The standard InChI is InChI=1S/C21H22FNO4/c1-26-16-9-5-14(6-10-16)19(12-20(24)27-2)23-21(25)18-11-17(18)13-3-7-15(22)8-4-13/h3-10,17-19H,11-12H2,1-2H3,(H,23,25). The van der Waals surface area contributed by atoms with E-state index in [2.05, 4.69) is 5.32 Å². The second-order valence-corrected chi connectivity index (χ2v) is 6.61. The summed E-state index contributed by atoms with van der Waals surface area (Å²) in [6, 6.07) is 12.9. The first-order valence-electron chi connectivity index (χ1n) is 8.78. The van der Waals surface area contributed by atoms with Gasteiger partial charge in [0.1, 0.15) is 11.6 Å². The number of esters is 1. The molecule has 1 saturated carbocycles. The van der Waals surface area contributed by atoms with Crippen LogP contribution in [0, 0.1) is 11.7 Å². The number of ether oxygens (including phenoxy) is 2. The number of halogens is 1. The zero-order chi connectivity index (χ0) is 19.4. The van der Waals surface area contributed by atoms with Crippen LogP contribution in [-0.4, -0.2) is 26.1 Å². The van der Waals surface area contributed by atoms with Crippen molar-refractivity contribution < 1.29 is 23.5 Å². The van der Waals surface area contributed by atoms with Gasteiger partial charge >= 0.3 is 5.97 Å². The molecule has 142 valence electrons. The largest absolute Gasteiger partial charge is 0.497 e. The first-order valence-corrected chi connectivity index (χ1v) is 8.78. The van der Waals surface area contributed by atoms with Crippen LogP contribution in [0.25, 0.3) is 0 Å². The Balaban J connectivity index is 1.68. The topological polar surface area (TPSA) is 64.6 Å². The molecule has 1 amide bonds. The Morgan fingerprint density at radius 3 is 2.37 bits per heavy atom. The molecule has 2 aromatic rings. The van der Waals surface area contributed by atoms with Gasteiger partial charge in [0.25, 0.3) is 0 Å². The minimum Gasteiger partial charge on any atom is -0.497 e. The van der Waals surface area contributed by atoms with Crippen molar-refractivity contribution in [3.63, 3.8) is 0 Å². The number of hydrogen-bond acceptors (Lipinski definition) is 4. The molecule has 0 spiro atoms. The third-order valence-corrected chi connectivity index (χ3v) is 4.86. The van der Waals surface area contributed by atoms with Crippen molar-refractivity contribution in [3.05, 3.63) is 65.5 Å². The Bertz CT molecular complexity index is 804. The molecular formula is C21H22FNO4. The van der Waals surface area contributed by atoms with Crippen molar-refractivity contribution in [1.29, 1.82) is 0 Å². The van der Waals surface area contributed by atoms with Gasteiger partial charge in [-0.25, -0.2) is 4.39 Å². The fourth-order valence-electron chi connectivity index (χ4n) is 3.18. The first-order chi connectivity index (χ1) is 13.0. The van der Waals surface area contributed by atoms with Crippen LogP contribution in [0.2, 0.25) is 0 Å². The SMILES string of the molecule is COC(=O)CC(NC(=O)C1CC1c1ccc(F)cc1)c1ccc(OC)cc1. The zero-order valence-electron chi connectivity index (χ0n) is 15.3. The van der Waals surface area contributed by atoms with Gasteiger partial charge in [-0.3, -0.25) is 9.59 Å². The number of nitrogens with one attached hydrogen (secondary N) is 1. The summed E-state index contributed by atoms with van der Waals surface area (Å²) < 4.78 is 23.0. The molecule has 1 aliphatic rings. The molecule has 0 aliphatic heterocycles. The Labute approximate surface area is 157 Å². The summed E-state index contributed by atoms with van der Waals surface area (Å²) in [7, 11) is 2.89. The molecule has 1 aliphatic carbocycles. The van der Waals surface area contributed by atoms with E-state index >= 15 is 0 Å². The molecule has 0 saturated heterocycles. The van der Waals surface area contributed by atoms with E-state index in [1.54, 1.807) is 31.4 Å². The number of hydrogen-bond donors (Lipinski definition) is 1. The molecule has 0 bridgehead atoms. The van der Waals surface area contributed by atoms with E-state index in [1.165, 1.54) is 19.2 Å². The summed E-state index contributed by atoms with van der Waals surface area (Å²) in [4.78, 5) is 24.4. The Kier molecular flexibility index (Phi) is 5.74. The maximum absolute atomic E-state index is 13.1. The molecule has 3 atom stereocenters. The number of amides is 1. The van der Waals surface area contributed by atoms with E-state index < -0.39 is 12.0 Å². The van der Waals surface area contributed by atoms with Gasteiger partial charge in [-0.05, 0) is 47.7 Å². The fraction of sp³-hybridized carbons (Fsp3) is 0.333. The normalized spacial score (nSPS) is 19.1. The van der Waals surface area contributed by atoms with Crippen LogP contribution in [0.4, 0.5) is 4.39 Å². The summed E-state index contributed by atoms with van der Waals surface area (Å²) in [6.07, 6.45) is 0.757. The number of rotatable bonds is 7. The average Bonchev–Trinajstić information content (AvgIpc) is 3.49. The molecule has 0 heterocycles. The molecular weight excluding hydrogens is 349 g/mol. The summed E-state index contributed by atoms with van der Waals surface area (Å²) in [5.41, 5.74) is 1.75. The molecule has 2 aromatic carbocycles. The monoisotopic (exact) mass is 371 g/mol. The van der Waals surface area contributed by atoms with E-state index in [9.17, 15) is 14.0 Å². The highest BCUT2D eigenvalue weighted by Gasteiger charge is 2.44. The molecule has 6 heteroatoms. The number of benzene rings is 2.